The van der Waals surface area contributed by atoms with Gasteiger partial charge in [0, 0.05) is 12.3 Å². The summed E-state index contributed by atoms with van der Waals surface area (Å²) in [7, 11) is 4.84. The molecule has 1 aliphatic rings. The summed E-state index contributed by atoms with van der Waals surface area (Å²) in [5, 5.41) is 12.7. The first-order chi connectivity index (χ1) is 8.96. The molecule has 0 heterocycles. The Balaban J connectivity index is 2.37. The maximum absolute atomic E-state index is 12.1. The second-order valence-electron chi connectivity index (χ2n) is 4.84. The molecule has 1 atom stereocenters. The second-order valence-corrected chi connectivity index (χ2v) is 4.84. The Morgan fingerprint density at radius 3 is 2.53 bits per heavy atom. The van der Waals surface area contributed by atoms with E-state index in [-0.39, 0.29) is 18.3 Å². The number of halogens is 3. The highest BCUT2D eigenvalue weighted by molar-refractivity contribution is 5.84. The van der Waals surface area contributed by atoms with E-state index in [2.05, 4.69) is 16.1 Å². The Bertz CT molecular complexity index is 337. The zero-order valence-electron chi connectivity index (χ0n) is 10.6. The van der Waals surface area contributed by atoms with Gasteiger partial charge in [-0.05, 0) is 44.4 Å². The smallest absolute Gasteiger partial charge is 0.384 e. The summed E-state index contributed by atoms with van der Waals surface area (Å²) >= 11 is 0. The van der Waals surface area contributed by atoms with Gasteiger partial charge in [-0.3, -0.25) is 0 Å². The van der Waals surface area contributed by atoms with Gasteiger partial charge in [0.25, 0.3) is 0 Å². The summed E-state index contributed by atoms with van der Waals surface area (Å²) < 4.78 is 36.2. The van der Waals surface area contributed by atoms with Gasteiger partial charge in [-0.25, -0.2) is 0 Å². The molecule has 6 heteroatoms. The third kappa shape index (κ3) is 5.95. The predicted octanol–water partition coefficient (Wildman–Crippen LogP) is 4.09. The van der Waals surface area contributed by atoms with E-state index in [4.69, 9.17) is 12.4 Å². The van der Waals surface area contributed by atoms with Crippen LogP contribution in [-0.4, -0.2) is 11.9 Å². The van der Waals surface area contributed by atoms with Crippen LogP contribution in [0.1, 0.15) is 44.9 Å². The van der Waals surface area contributed by atoms with Crippen LogP contribution in [0.2, 0.25) is 0 Å². The Kier molecular flexibility index (Phi) is 6.13. The van der Waals surface area contributed by atoms with Crippen molar-refractivity contribution < 1.29 is 18.0 Å². The third-order valence-corrected chi connectivity index (χ3v) is 3.50. The molecule has 19 heavy (non-hydrogen) atoms. The SMILES string of the molecule is [CH]ON=C1CCC(C(C#N)CCCC(F)(F)F)CC1. The fourth-order valence-electron chi connectivity index (χ4n) is 2.47. The van der Waals surface area contributed by atoms with Crippen LogP contribution in [0, 0.1) is 30.3 Å². The second kappa shape index (κ2) is 7.37. The zero-order valence-corrected chi connectivity index (χ0v) is 10.6. The molecule has 106 valence electrons. The van der Waals surface area contributed by atoms with Crippen molar-refractivity contribution in [3.8, 4) is 6.07 Å². The highest BCUT2D eigenvalue weighted by Crippen LogP contribution is 2.33. The van der Waals surface area contributed by atoms with Crippen molar-refractivity contribution in [2.24, 2.45) is 17.0 Å². The van der Waals surface area contributed by atoms with Crippen LogP contribution in [0.25, 0.3) is 0 Å². The molecule has 0 spiro atoms. The van der Waals surface area contributed by atoms with E-state index in [9.17, 15) is 13.2 Å². The maximum atomic E-state index is 12.1. The average molecular weight is 274 g/mol. The minimum Gasteiger partial charge on any atom is -0.384 e. The molecule has 0 bridgehead atoms. The standard InChI is InChI=1S/C13H17F3N2O/c1-19-18-12-6-4-10(5-7-12)11(9-17)3-2-8-13(14,15)16/h1,10-11H,2-8H2. The molecule has 0 N–H and O–H groups in total. The average Bonchev–Trinajstić information content (AvgIpc) is 2.35. The van der Waals surface area contributed by atoms with Gasteiger partial charge in [0.05, 0.1) is 11.8 Å². The summed E-state index contributed by atoms with van der Waals surface area (Å²) in [6, 6.07) is 2.14. The number of nitriles is 1. The lowest BCUT2D eigenvalue weighted by Crippen LogP contribution is -2.21. The number of hydrogen-bond acceptors (Lipinski definition) is 3. The van der Waals surface area contributed by atoms with E-state index in [1.54, 1.807) is 0 Å². The van der Waals surface area contributed by atoms with Gasteiger partial charge in [-0.2, -0.15) is 18.4 Å². The molecule has 1 aliphatic carbocycles. The molecule has 0 amide bonds. The summed E-state index contributed by atoms with van der Waals surface area (Å²) in [6.45, 7) is 0. The van der Waals surface area contributed by atoms with Crippen LogP contribution in [0.5, 0.6) is 0 Å². The Hall–Kier alpha value is -1.25. The molecular formula is C13H17F3N2O. The normalized spacial score (nSPS) is 21.6. The van der Waals surface area contributed by atoms with Crippen LogP contribution in [0.3, 0.4) is 0 Å². The predicted molar refractivity (Wildman–Crippen MR) is 63.8 cm³/mol. The highest BCUT2D eigenvalue weighted by Gasteiger charge is 2.29. The lowest BCUT2D eigenvalue weighted by molar-refractivity contribution is -0.136. The first-order valence-corrected chi connectivity index (χ1v) is 6.34. The third-order valence-electron chi connectivity index (χ3n) is 3.50. The number of hydrogen-bond donors (Lipinski definition) is 0. The van der Waals surface area contributed by atoms with Crippen LogP contribution < -0.4 is 0 Å². The van der Waals surface area contributed by atoms with Crippen molar-refractivity contribution in [3.63, 3.8) is 0 Å². The van der Waals surface area contributed by atoms with Gasteiger partial charge in [-0.1, -0.05) is 5.16 Å². The summed E-state index contributed by atoms with van der Waals surface area (Å²) in [5.74, 6) is -0.155. The fraction of sp³-hybridized carbons (Fsp3) is 0.769. The molecule has 1 unspecified atom stereocenters. The van der Waals surface area contributed by atoms with Gasteiger partial charge in [0.2, 0.25) is 7.11 Å². The first-order valence-electron chi connectivity index (χ1n) is 6.34. The summed E-state index contributed by atoms with van der Waals surface area (Å²) in [5.41, 5.74) is 0.853. The number of oxime groups is 1. The van der Waals surface area contributed by atoms with E-state index in [1.807, 2.05) is 0 Å². The highest BCUT2D eigenvalue weighted by atomic mass is 19.4. The summed E-state index contributed by atoms with van der Waals surface area (Å²) in [6.07, 6.45) is -1.72. The topological polar surface area (TPSA) is 45.4 Å². The largest absolute Gasteiger partial charge is 0.389 e. The molecule has 2 radical (unpaired) electrons. The number of alkyl halides is 3. The van der Waals surface area contributed by atoms with Crippen LogP contribution in [0.4, 0.5) is 13.2 Å². The molecule has 0 saturated heterocycles. The van der Waals surface area contributed by atoms with E-state index in [0.717, 1.165) is 18.6 Å². The molecule has 0 aromatic heterocycles. The molecule has 1 rings (SSSR count). The van der Waals surface area contributed by atoms with Crippen molar-refractivity contribution in [3.05, 3.63) is 7.11 Å². The van der Waals surface area contributed by atoms with E-state index in [0.29, 0.717) is 19.3 Å². The van der Waals surface area contributed by atoms with Gasteiger partial charge >= 0.3 is 6.18 Å². The van der Waals surface area contributed by atoms with Crippen LogP contribution >= 0.6 is 0 Å². The van der Waals surface area contributed by atoms with Crippen molar-refractivity contribution in [2.45, 2.75) is 51.1 Å². The van der Waals surface area contributed by atoms with E-state index < -0.39 is 12.6 Å². The molecule has 1 saturated carbocycles. The van der Waals surface area contributed by atoms with Gasteiger partial charge < -0.3 is 4.84 Å². The lowest BCUT2D eigenvalue weighted by Gasteiger charge is -2.26. The Morgan fingerprint density at radius 2 is 2.05 bits per heavy atom. The number of nitrogens with zero attached hydrogens (tertiary/aromatic N) is 2. The minimum absolute atomic E-state index is 0.0189. The molecule has 0 aliphatic heterocycles. The lowest BCUT2D eigenvalue weighted by atomic mass is 9.78. The number of rotatable bonds is 5. The van der Waals surface area contributed by atoms with Gasteiger partial charge in [-0.15, -0.1) is 0 Å². The molecule has 0 aromatic rings. The van der Waals surface area contributed by atoms with Crippen molar-refractivity contribution in [2.75, 3.05) is 0 Å². The van der Waals surface area contributed by atoms with Gasteiger partial charge in [0.15, 0.2) is 0 Å². The zero-order chi connectivity index (χ0) is 14.3. The van der Waals surface area contributed by atoms with E-state index in [1.165, 1.54) is 0 Å². The molecule has 1 fully saturated rings. The van der Waals surface area contributed by atoms with Crippen molar-refractivity contribution >= 4 is 5.71 Å². The summed E-state index contributed by atoms with van der Waals surface area (Å²) in [4.78, 5) is 4.20. The van der Waals surface area contributed by atoms with Crippen LogP contribution in [0.15, 0.2) is 5.16 Å². The molecule has 0 aromatic carbocycles. The van der Waals surface area contributed by atoms with E-state index >= 15 is 0 Å². The van der Waals surface area contributed by atoms with Gasteiger partial charge in [0.1, 0.15) is 0 Å². The molecule has 3 nitrogen and oxygen atoms in total. The maximum Gasteiger partial charge on any atom is 0.389 e. The quantitative estimate of drug-likeness (QED) is 0.709. The Morgan fingerprint density at radius 1 is 1.42 bits per heavy atom. The van der Waals surface area contributed by atoms with Crippen molar-refractivity contribution in [1.29, 1.82) is 5.26 Å². The van der Waals surface area contributed by atoms with Crippen LogP contribution in [-0.2, 0) is 4.84 Å². The fourth-order valence-corrected chi connectivity index (χ4v) is 2.47. The van der Waals surface area contributed by atoms with Crippen molar-refractivity contribution in [1.82, 2.24) is 0 Å². The first kappa shape index (κ1) is 15.8. The molecular weight excluding hydrogens is 257 g/mol. The minimum atomic E-state index is -4.13. The monoisotopic (exact) mass is 274 g/mol. The Labute approximate surface area is 111 Å².